The van der Waals surface area contributed by atoms with E-state index in [1.54, 1.807) is 16.8 Å². The number of hydrogen-bond acceptors (Lipinski definition) is 4. The molecule has 0 aliphatic carbocycles. The van der Waals surface area contributed by atoms with Crippen molar-refractivity contribution >= 4 is 11.3 Å². The Bertz CT molecular complexity index is 423. The van der Waals surface area contributed by atoms with Crippen LogP contribution in [-0.2, 0) is 6.61 Å². The zero-order valence-electron chi connectivity index (χ0n) is 9.09. The van der Waals surface area contributed by atoms with Gasteiger partial charge in [0, 0.05) is 11.4 Å². The Hall–Kier alpha value is -1.39. The average molecular weight is 234 g/mol. The van der Waals surface area contributed by atoms with Crippen molar-refractivity contribution in [3.05, 3.63) is 46.4 Å². The van der Waals surface area contributed by atoms with E-state index in [1.807, 2.05) is 36.6 Å². The van der Waals surface area contributed by atoms with Gasteiger partial charge in [-0.2, -0.15) is 0 Å². The molecule has 2 rings (SSSR count). The number of rotatable bonds is 4. The summed E-state index contributed by atoms with van der Waals surface area (Å²) in [4.78, 5) is 4.15. The molecule has 1 atom stereocenters. The minimum Gasteiger partial charge on any atom is -0.487 e. The predicted molar refractivity (Wildman–Crippen MR) is 65.5 cm³/mol. The molecular weight excluding hydrogens is 220 g/mol. The number of hydrogen-bond donors (Lipinski definition) is 1. The molecule has 2 aromatic rings. The number of ether oxygens (including phenoxy) is 1. The first-order valence-corrected chi connectivity index (χ1v) is 6.05. The van der Waals surface area contributed by atoms with Crippen molar-refractivity contribution in [3.8, 4) is 5.75 Å². The van der Waals surface area contributed by atoms with Gasteiger partial charge in [0.25, 0.3) is 0 Å². The Balaban J connectivity index is 1.95. The highest BCUT2D eigenvalue weighted by molar-refractivity contribution is 7.07. The number of aromatic nitrogens is 1. The van der Waals surface area contributed by atoms with Crippen LogP contribution in [0.1, 0.15) is 24.2 Å². The molecule has 0 fully saturated rings. The van der Waals surface area contributed by atoms with Crippen molar-refractivity contribution in [1.82, 2.24) is 4.98 Å². The van der Waals surface area contributed by atoms with Gasteiger partial charge in [-0.15, -0.1) is 11.3 Å². The van der Waals surface area contributed by atoms with Gasteiger partial charge in [0.15, 0.2) is 0 Å². The van der Waals surface area contributed by atoms with Crippen LogP contribution in [-0.4, -0.2) is 4.98 Å². The second kappa shape index (κ2) is 5.09. The smallest absolute Gasteiger partial charge is 0.131 e. The SMILES string of the molecule is CC(N)c1ccc(OCc2cscn2)cc1. The zero-order chi connectivity index (χ0) is 11.4. The number of nitrogens with two attached hydrogens (primary N) is 1. The molecule has 0 radical (unpaired) electrons. The van der Waals surface area contributed by atoms with E-state index in [4.69, 9.17) is 10.5 Å². The molecular formula is C12H14N2OS. The molecule has 1 unspecified atom stereocenters. The fourth-order valence-corrected chi connectivity index (χ4v) is 1.88. The highest BCUT2D eigenvalue weighted by atomic mass is 32.1. The lowest BCUT2D eigenvalue weighted by atomic mass is 10.1. The predicted octanol–water partition coefficient (Wildman–Crippen LogP) is 2.74. The Morgan fingerprint density at radius 1 is 1.38 bits per heavy atom. The van der Waals surface area contributed by atoms with Crippen LogP contribution >= 0.6 is 11.3 Å². The van der Waals surface area contributed by atoms with Crippen molar-refractivity contribution in [2.75, 3.05) is 0 Å². The van der Waals surface area contributed by atoms with Crippen LogP contribution in [0.3, 0.4) is 0 Å². The maximum absolute atomic E-state index is 5.77. The van der Waals surface area contributed by atoms with E-state index in [0.29, 0.717) is 6.61 Å². The van der Waals surface area contributed by atoms with Crippen molar-refractivity contribution in [3.63, 3.8) is 0 Å². The Morgan fingerprint density at radius 3 is 2.69 bits per heavy atom. The lowest BCUT2D eigenvalue weighted by Crippen LogP contribution is -2.04. The monoisotopic (exact) mass is 234 g/mol. The summed E-state index contributed by atoms with van der Waals surface area (Å²) in [5.41, 5.74) is 9.64. The van der Waals surface area contributed by atoms with Gasteiger partial charge in [-0.1, -0.05) is 12.1 Å². The molecule has 4 heteroatoms. The van der Waals surface area contributed by atoms with E-state index in [9.17, 15) is 0 Å². The molecule has 16 heavy (non-hydrogen) atoms. The molecule has 1 heterocycles. The largest absolute Gasteiger partial charge is 0.487 e. The first-order chi connectivity index (χ1) is 7.75. The van der Waals surface area contributed by atoms with Gasteiger partial charge in [0.05, 0.1) is 11.2 Å². The third-order valence-electron chi connectivity index (χ3n) is 2.28. The van der Waals surface area contributed by atoms with Crippen molar-refractivity contribution < 1.29 is 4.74 Å². The molecule has 3 nitrogen and oxygen atoms in total. The van der Waals surface area contributed by atoms with Crippen LogP contribution in [0.5, 0.6) is 5.75 Å². The molecule has 0 aliphatic rings. The first-order valence-electron chi connectivity index (χ1n) is 5.11. The molecule has 0 saturated carbocycles. The Kier molecular flexibility index (Phi) is 3.54. The maximum Gasteiger partial charge on any atom is 0.131 e. The fraction of sp³-hybridized carbons (Fsp3) is 0.250. The summed E-state index contributed by atoms with van der Waals surface area (Å²) in [5, 5.41) is 1.98. The standard InChI is InChI=1S/C12H14N2OS/c1-9(13)10-2-4-12(5-3-10)15-6-11-7-16-8-14-11/h2-5,7-9H,6,13H2,1H3. The van der Waals surface area contributed by atoms with Gasteiger partial charge in [-0.3, -0.25) is 0 Å². The van der Waals surface area contributed by atoms with Crippen LogP contribution in [0, 0.1) is 0 Å². The second-order valence-corrected chi connectivity index (χ2v) is 4.34. The Morgan fingerprint density at radius 2 is 2.12 bits per heavy atom. The number of nitrogens with zero attached hydrogens (tertiary/aromatic N) is 1. The summed E-state index contributed by atoms with van der Waals surface area (Å²) in [7, 11) is 0. The fourth-order valence-electron chi connectivity index (χ4n) is 1.33. The molecule has 0 amide bonds. The maximum atomic E-state index is 5.77. The normalized spacial score (nSPS) is 12.4. The number of benzene rings is 1. The third kappa shape index (κ3) is 2.81. The van der Waals surface area contributed by atoms with Gasteiger partial charge < -0.3 is 10.5 Å². The third-order valence-corrected chi connectivity index (χ3v) is 2.91. The summed E-state index contributed by atoms with van der Waals surface area (Å²) >= 11 is 1.57. The molecule has 0 spiro atoms. The summed E-state index contributed by atoms with van der Waals surface area (Å²) < 4.78 is 5.59. The van der Waals surface area contributed by atoms with E-state index in [1.165, 1.54) is 0 Å². The number of thiazole rings is 1. The van der Waals surface area contributed by atoms with Gasteiger partial charge in [-0.25, -0.2) is 4.98 Å². The zero-order valence-corrected chi connectivity index (χ0v) is 9.91. The average Bonchev–Trinajstić information content (AvgIpc) is 2.80. The van der Waals surface area contributed by atoms with Gasteiger partial charge in [-0.05, 0) is 24.6 Å². The van der Waals surface area contributed by atoms with Crippen LogP contribution < -0.4 is 10.5 Å². The van der Waals surface area contributed by atoms with E-state index in [-0.39, 0.29) is 6.04 Å². The molecule has 2 N–H and O–H groups in total. The minimum absolute atomic E-state index is 0.0626. The second-order valence-electron chi connectivity index (χ2n) is 3.63. The van der Waals surface area contributed by atoms with Crippen molar-refractivity contribution in [2.45, 2.75) is 19.6 Å². The van der Waals surface area contributed by atoms with Crippen LogP contribution in [0.15, 0.2) is 35.2 Å². The summed E-state index contributed by atoms with van der Waals surface area (Å²) in [6.45, 7) is 2.48. The van der Waals surface area contributed by atoms with E-state index in [2.05, 4.69) is 4.98 Å². The topological polar surface area (TPSA) is 48.1 Å². The lowest BCUT2D eigenvalue weighted by molar-refractivity contribution is 0.302. The molecule has 1 aromatic carbocycles. The van der Waals surface area contributed by atoms with Crippen molar-refractivity contribution in [2.24, 2.45) is 5.73 Å². The Labute approximate surface area is 98.9 Å². The first kappa shape index (κ1) is 11.1. The molecule has 0 aliphatic heterocycles. The van der Waals surface area contributed by atoms with Gasteiger partial charge >= 0.3 is 0 Å². The molecule has 84 valence electrons. The minimum atomic E-state index is 0.0626. The van der Waals surface area contributed by atoms with Gasteiger partial charge in [0.2, 0.25) is 0 Å². The molecule has 0 saturated heterocycles. The van der Waals surface area contributed by atoms with Crippen LogP contribution in [0.2, 0.25) is 0 Å². The van der Waals surface area contributed by atoms with Crippen LogP contribution in [0.4, 0.5) is 0 Å². The summed E-state index contributed by atoms with van der Waals surface area (Å²) in [6, 6.07) is 7.91. The summed E-state index contributed by atoms with van der Waals surface area (Å²) in [6.07, 6.45) is 0. The van der Waals surface area contributed by atoms with E-state index in [0.717, 1.165) is 17.0 Å². The van der Waals surface area contributed by atoms with Crippen LogP contribution in [0.25, 0.3) is 0 Å². The lowest BCUT2D eigenvalue weighted by Gasteiger charge is -2.07. The quantitative estimate of drug-likeness (QED) is 0.884. The van der Waals surface area contributed by atoms with E-state index >= 15 is 0 Å². The summed E-state index contributed by atoms with van der Waals surface area (Å²) in [5.74, 6) is 0.845. The van der Waals surface area contributed by atoms with E-state index < -0.39 is 0 Å². The van der Waals surface area contributed by atoms with Gasteiger partial charge in [0.1, 0.15) is 12.4 Å². The highest BCUT2D eigenvalue weighted by Gasteiger charge is 2.00. The molecule has 0 bridgehead atoms. The highest BCUT2D eigenvalue weighted by Crippen LogP contribution is 2.17. The molecule has 1 aromatic heterocycles. The van der Waals surface area contributed by atoms with Crippen molar-refractivity contribution in [1.29, 1.82) is 0 Å².